The minimum atomic E-state index is -2.90. The fourth-order valence-electron chi connectivity index (χ4n) is 1.68. The van der Waals surface area contributed by atoms with Gasteiger partial charge >= 0.3 is 6.61 Å². The molecule has 0 spiro atoms. The van der Waals surface area contributed by atoms with Crippen LogP contribution >= 0.6 is 0 Å². The third-order valence-corrected chi connectivity index (χ3v) is 2.81. The molecule has 1 amide bonds. The van der Waals surface area contributed by atoms with E-state index < -0.39 is 6.61 Å². The minimum Gasteiger partial charge on any atom is -0.433 e. The normalized spacial score (nSPS) is 22.4. The molecule has 0 radical (unpaired) electrons. The van der Waals surface area contributed by atoms with Crippen LogP contribution < -0.4 is 10.1 Å². The van der Waals surface area contributed by atoms with Gasteiger partial charge in [0.25, 0.3) is 0 Å². The average molecular weight is 241 g/mol. The summed E-state index contributed by atoms with van der Waals surface area (Å²) in [6.45, 7) is -0.917. The third-order valence-electron chi connectivity index (χ3n) is 2.81. The fourth-order valence-corrected chi connectivity index (χ4v) is 1.68. The summed E-state index contributed by atoms with van der Waals surface area (Å²) in [6.07, 6.45) is 0.851. The molecule has 17 heavy (non-hydrogen) atoms. The SMILES string of the molecule is C[C@H]1C[C@H]1C(=O)Nc1ccccc1OC(F)F. The first-order chi connectivity index (χ1) is 8.08. The molecular formula is C12H13F2NO2. The van der Waals surface area contributed by atoms with Crippen molar-refractivity contribution in [2.24, 2.45) is 11.8 Å². The molecule has 0 aliphatic heterocycles. The minimum absolute atomic E-state index is 0.00499. The molecule has 1 aromatic rings. The molecule has 1 aromatic carbocycles. The van der Waals surface area contributed by atoms with Crippen molar-refractivity contribution in [3.8, 4) is 5.75 Å². The molecule has 0 aromatic heterocycles. The van der Waals surface area contributed by atoms with Crippen molar-refractivity contribution in [1.82, 2.24) is 0 Å². The number of carbonyl (C=O) groups excluding carboxylic acids is 1. The van der Waals surface area contributed by atoms with E-state index in [2.05, 4.69) is 10.1 Å². The molecule has 0 bridgehead atoms. The third kappa shape index (κ3) is 2.93. The van der Waals surface area contributed by atoms with Crippen molar-refractivity contribution in [3.63, 3.8) is 0 Å². The van der Waals surface area contributed by atoms with E-state index in [1.54, 1.807) is 18.2 Å². The molecule has 2 rings (SSSR count). The standard InChI is InChI=1S/C12H13F2NO2/c1-7-6-8(7)11(16)15-9-4-2-3-5-10(9)17-12(13)14/h2-5,7-8,12H,6H2,1H3,(H,15,16)/t7-,8+/m0/s1. The van der Waals surface area contributed by atoms with Crippen LogP contribution in [0.3, 0.4) is 0 Å². The predicted octanol–water partition coefficient (Wildman–Crippen LogP) is 2.88. The average Bonchev–Trinajstić information content (AvgIpc) is 2.98. The quantitative estimate of drug-likeness (QED) is 0.880. The van der Waals surface area contributed by atoms with Crippen LogP contribution in [0.1, 0.15) is 13.3 Å². The van der Waals surface area contributed by atoms with E-state index in [-0.39, 0.29) is 23.3 Å². The van der Waals surface area contributed by atoms with Crippen LogP contribution in [0.15, 0.2) is 24.3 Å². The van der Waals surface area contributed by atoms with Crippen LogP contribution in [0.5, 0.6) is 5.75 Å². The van der Waals surface area contributed by atoms with Crippen molar-refractivity contribution in [1.29, 1.82) is 0 Å². The van der Waals surface area contributed by atoms with Gasteiger partial charge in [0.2, 0.25) is 5.91 Å². The fraction of sp³-hybridized carbons (Fsp3) is 0.417. The number of anilines is 1. The van der Waals surface area contributed by atoms with Crippen molar-refractivity contribution in [2.45, 2.75) is 20.0 Å². The Hall–Kier alpha value is -1.65. The first-order valence-electron chi connectivity index (χ1n) is 5.42. The van der Waals surface area contributed by atoms with Gasteiger partial charge < -0.3 is 10.1 Å². The summed E-state index contributed by atoms with van der Waals surface area (Å²) >= 11 is 0. The Kier molecular flexibility index (Phi) is 3.26. The first-order valence-corrected chi connectivity index (χ1v) is 5.42. The molecule has 3 nitrogen and oxygen atoms in total. The second kappa shape index (κ2) is 4.69. The summed E-state index contributed by atoms with van der Waals surface area (Å²) in [5.74, 6) is 0.222. The van der Waals surface area contributed by atoms with Crippen LogP contribution in [0.25, 0.3) is 0 Å². The van der Waals surface area contributed by atoms with Gasteiger partial charge in [-0.15, -0.1) is 0 Å². The lowest BCUT2D eigenvalue weighted by Gasteiger charge is -2.11. The van der Waals surface area contributed by atoms with Gasteiger partial charge in [0.05, 0.1) is 5.69 Å². The first kappa shape index (κ1) is 11.8. The molecule has 0 heterocycles. The van der Waals surface area contributed by atoms with Crippen LogP contribution in [0.2, 0.25) is 0 Å². The molecule has 1 fully saturated rings. The highest BCUT2D eigenvalue weighted by molar-refractivity contribution is 5.95. The Morgan fingerprint density at radius 3 is 2.71 bits per heavy atom. The van der Waals surface area contributed by atoms with Crippen molar-refractivity contribution < 1.29 is 18.3 Å². The predicted molar refractivity (Wildman–Crippen MR) is 59.0 cm³/mol. The van der Waals surface area contributed by atoms with Crippen LogP contribution in [0.4, 0.5) is 14.5 Å². The molecule has 2 atom stereocenters. The number of nitrogens with one attached hydrogen (secondary N) is 1. The Bertz CT molecular complexity index is 423. The monoisotopic (exact) mass is 241 g/mol. The molecule has 92 valence electrons. The lowest BCUT2D eigenvalue weighted by molar-refractivity contribution is -0.117. The molecule has 0 unspecified atom stereocenters. The number of hydrogen-bond donors (Lipinski definition) is 1. The summed E-state index contributed by atoms with van der Waals surface area (Å²) in [7, 11) is 0. The number of para-hydroxylation sites is 2. The summed E-state index contributed by atoms with van der Waals surface area (Å²) in [5.41, 5.74) is 0.289. The Balaban J connectivity index is 2.06. The van der Waals surface area contributed by atoms with Gasteiger partial charge in [-0.25, -0.2) is 0 Å². The highest BCUT2D eigenvalue weighted by atomic mass is 19.3. The van der Waals surface area contributed by atoms with Gasteiger partial charge in [0.15, 0.2) is 0 Å². The number of carbonyl (C=O) groups is 1. The molecule has 1 N–H and O–H groups in total. The number of ether oxygens (including phenoxy) is 1. The number of alkyl halides is 2. The van der Waals surface area contributed by atoms with E-state index in [1.165, 1.54) is 6.07 Å². The number of benzene rings is 1. The van der Waals surface area contributed by atoms with Crippen molar-refractivity contribution in [2.75, 3.05) is 5.32 Å². The largest absolute Gasteiger partial charge is 0.433 e. The topological polar surface area (TPSA) is 38.3 Å². The van der Waals surface area contributed by atoms with Gasteiger partial charge in [-0.2, -0.15) is 8.78 Å². The molecule has 1 aliphatic rings. The number of rotatable bonds is 4. The zero-order valence-electron chi connectivity index (χ0n) is 9.32. The van der Waals surface area contributed by atoms with Crippen molar-refractivity contribution in [3.05, 3.63) is 24.3 Å². The molecule has 1 aliphatic carbocycles. The lowest BCUT2D eigenvalue weighted by Crippen LogP contribution is -2.15. The van der Waals surface area contributed by atoms with E-state index in [9.17, 15) is 13.6 Å². The smallest absolute Gasteiger partial charge is 0.387 e. The highest BCUT2D eigenvalue weighted by Gasteiger charge is 2.39. The highest BCUT2D eigenvalue weighted by Crippen LogP contribution is 2.39. The van der Waals surface area contributed by atoms with Crippen LogP contribution in [-0.4, -0.2) is 12.5 Å². The van der Waals surface area contributed by atoms with Gasteiger partial charge in [-0.05, 0) is 24.5 Å². The zero-order chi connectivity index (χ0) is 12.4. The Morgan fingerprint density at radius 2 is 2.12 bits per heavy atom. The molecule has 5 heteroatoms. The summed E-state index contributed by atoms with van der Waals surface area (Å²) in [6, 6.07) is 6.18. The Morgan fingerprint density at radius 1 is 1.47 bits per heavy atom. The molecule has 0 saturated heterocycles. The van der Waals surface area contributed by atoms with E-state index >= 15 is 0 Å². The zero-order valence-corrected chi connectivity index (χ0v) is 9.32. The van der Waals surface area contributed by atoms with Crippen molar-refractivity contribution >= 4 is 11.6 Å². The maximum absolute atomic E-state index is 12.1. The second-order valence-corrected chi connectivity index (χ2v) is 4.18. The van der Waals surface area contributed by atoms with E-state index in [1.807, 2.05) is 6.92 Å². The van der Waals surface area contributed by atoms with E-state index in [4.69, 9.17) is 0 Å². The number of hydrogen-bond acceptors (Lipinski definition) is 2. The van der Waals surface area contributed by atoms with Gasteiger partial charge in [-0.3, -0.25) is 4.79 Å². The summed E-state index contributed by atoms with van der Waals surface area (Å²) in [4.78, 5) is 11.7. The molecule has 1 saturated carbocycles. The number of amides is 1. The van der Waals surface area contributed by atoms with Crippen LogP contribution in [-0.2, 0) is 4.79 Å². The summed E-state index contributed by atoms with van der Waals surface area (Å²) < 4.78 is 28.6. The van der Waals surface area contributed by atoms with E-state index in [0.29, 0.717) is 5.92 Å². The maximum Gasteiger partial charge on any atom is 0.387 e. The maximum atomic E-state index is 12.1. The van der Waals surface area contributed by atoms with Gasteiger partial charge in [0, 0.05) is 5.92 Å². The van der Waals surface area contributed by atoms with Gasteiger partial charge in [0.1, 0.15) is 5.75 Å². The van der Waals surface area contributed by atoms with Gasteiger partial charge in [-0.1, -0.05) is 19.1 Å². The Labute approximate surface area is 97.8 Å². The second-order valence-electron chi connectivity index (χ2n) is 4.18. The molecular weight excluding hydrogens is 228 g/mol. The lowest BCUT2D eigenvalue weighted by atomic mass is 10.2. The van der Waals surface area contributed by atoms with E-state index in [0.717, 1.165) is 6.42 Å². The number of halogens is 2. The summed E-state index contributed by atoms with van der Waals surface area (Å²) in [5, 5.41) is 2.61. The van der Waals surface area contributed by atoms with Crippen LogP contribution in [0, 0.1) is 11.8 Å².